The molecule has 230 valence electrons. The van der Waals surface area contributed by atoms with Gasteiger partial charge < -0.3 is 14.7 Å². The molecule has 1 aliphatic heterocycles. The first-order valence-electron chi connectivity index (χ1n) is 14.6. The van der Waals surface area contributed by atoms with Crippen LogP contribution in [0.3, 0.4) is 0 Å². The number of aromatic carboxylic acids is 1. The molecule has 0 spiro atoms. The van der Waals surface area contributed by atoms with Crippen molar-refractivity contribution < 1.29 is 32.6 Å². The second kappa shape index (κ2) is 12.1. The number of aromatic nitrogens is 3. The Morgan fingerprint density at radius 3 is 2.52 bits per heavy atom. The Labute approximate surface area is 256 Å². The summed E-state index contributed by atoms with van der Waals surface area (Å²) in [5.41, 5.74) is 1.43. The Morgan fingerprint density at radius 1 is 1.07 bits per heavy atom. The van der Waals surface area contributed by atoms with E-state index in [1.54, 1.807) is 12.1 Å². The van der Waals surface area contributed by atoms with Gasteiger partial charge in [0.05, 0.1) is 16.8 Å². The number of benzene rings is 1. The van der Waals surface area contributed by atoms with Crippen molar-refractivity contribution in [3.8, 4) is 22.1 Å². The van der Waals surface area contributed by atoms with Gasteiger partial charge in [0.2, 0.25) is 5.91 Å². The number of thiophene rings is 1. The molecule has 3 aromatic heterocycles. The number of carbonyl (C=O) groups is 2. The molecule has 1 saturated heterocycles. The predicted octanol–water partition coefficient (Wildman–Crippen LogP) is 6.97. The van der Waals surface area contributed by atoms with Crippen molar-refractivity contribution in [3.05, 3.63) is 82.0 Å². The number of nitrogens with zero attached hydrogens (tertiary/aromatic N) is 4. The summed E-state index contributed by atoms with van der Waals surface area (Å²) >= 11 is 1.38. The fraction of sp³-hybridized carbons (Fsp3) is 0.375. The summed E-state index contributed by atoms with van der Waals surface area (Å²) in [6.45, 7) is 3.95. The summed E-state index contributed by atoms with van der Waals surface area (Å²) < 4.78 is 48.0. The largest absolute Gasteiger partial charge is 0.489 e. The van der Waals surface area contributed by atoms with Gasteiger partial charge in [-0.2, -0.15) is 18.3 Å². The molecule has 8 nitrogen and oxygen atoms in total. The fourth-order valence-electron chi connectivity index (χ4n) is 5.83. The third kappa shape index (κ3) is 6.08. The highest BCUT2D eigenvalue weighted by Gasteiger charge is 2.41. The first-order valence-corrected chi connectivity index (χ1v) is 15.5. The quantitative estimate of drug-likeness (QED) is 0.216. The Bertz CT molecular complexity index is 1690. The molecule has 0 bridgehead atoms. The molecule has 2 fully saturated rings. The Kier molecular flexibility index (Phi) is 8.19. The van der Waals surface area contributed by atoms with E-state index < -0.39 is 23.4 Å². The highest BCUT2D eigenvalue weighted by molar-refractivity contribution is 7.13. The lowest BCUT2D eigenvalue weighted by atomic mass is 9.85. The highest BCUT2D eigenvalue weighted by atomic mass is 32.1. The van der Waals surface area contributed by atoms with Crippen molar-refractivity contribution in [2.75, 3.05) is 13.1 Å². The van der Waals surface area contributed by atoms with Gasteiger partial charge in [0.25, 0.3) is 0 Å². The van der Waals surface area contributed by atoms with Gasteiger partial charge in [0.1, 0.15) is 17.9 Å². The van der Waals surface area contributed by atoms with Gasteiger partial charge in [-0.15, -0.1) is 11.3 Å². The number of halogens is 3. The number of carbonyl (C=O) groups excluding carboxylic acids is 1. The van der Waals surface area contributed by atoms with Crippen LogP contribution in [0.5, 0.6) is 5.75 Å². The first-order chi connectivity index (χ1) is 21.1. The fourth-order valence-corrected chi connectivity index (χ4v) is 6.71. The minimum atomic E-state index is -4.94. The number of aryl methyl sites for hydroxylation is 1. The molecular weight excluding hydrogens is 593 g/mol. The van der Waals surface area contributed by atoms with E-state index >= 15 is 0 Å². The third-order valence-corrected chi connectivity index (χ3v) is 9.24. The number of hydrogen-bond acceptors (Lipinski definition) is 6. The second-order valence-corrected chi connectivity index (χ2v) is 12.1. The molecule has 4 heterocycles. The van der Waals surface area contributed by atoms with E-state index in [2.05, 4.69) is 29.1 Å². The molecule has 44 heavy (non-hydrogen) atoms. The van der Waals surface area contributed by atoms with Crippen molar-refractivity contribution in [3.63, 3.8) is 0 Å². The lowest BCUT2D eigenvalue weighted by Crippen LogP contribution is -2.38. The number of hydrogen-bond donors (Lipinski definition) is 1. The molecule has 12 heteroatoms. The Balaban J connectivity index is 1.17. The van der Waals surface area contributed by atoms with Gasteiger partial charge in [-0.1, -0.05) is 19.1 Å². The summed E-state index contributed by atoms with van der Waals surface area (Å²) in [6.07, 6.45) is 0.555. The number of piperidine rings is 1. The zero-order chi connectivity index (χ0) is 31.0. The minimum absolute atomic E-state index is 0.145. The molecule has 4 aromatic rings. The zero-order valence-corrected chi connectivity index (χ0v) is 24.8. The van der Waals surface area contributed by atoms with Gasteiger partial charge in [-0.25, -0.2) is 14.5 Å². The topological polar surface area (TPSA) is 97.6 Å². The summed E-state index contributed by atoms with van der Waals surface area (Å²) in [4.78, 5) is 31.0. The van der Waals surface area contributed by atoms with Gasteiger partial charge >= 0.3 is 12.1 Å². The number of pyridine rings is 1. The van der Waals surface area contributed by atoms with Gasteiger partial charge in [-0.3, -0.25) is 4.79 Å². The summed E-state index contributed by atoms with van der Waals surface area (Å²) in [7, 11) is 0. The predicted molar refractivity (Wildman–Crippen MR) is 158 cm³/mol. The minimum Gasteiger partial charge on any atom is -0.489 e. The van der Waals surface area contributed by atoms with E-state index in [9.17, 15) is 27.9 Å². The van der Waals surface area contributed by atoms with E-state index in [-0.39, 0.29) is 18.3 Å². The van der Waals surface area contributed by atoms with Crippen LogP contribution in [-0.4, -0.2) is 49.7 Å². The Morgan fingerprint density at radius 2 is 1.84 bits per heavy atom. The molecule has 0 atom stereocenters. The van der Waals surface area contributed by atoms with Gasteiger partial charge in [-0.05, 0) is 84.9 Å². The number of carboxylic acids is 1. The van der Waals surface area contributed by atoms with Crippen molar-refractivity contribution >= 4 is 23.2 Å². The average Bonchev–Trinajstić information content (AvgIpc) is 3.57. The molecule has 2 aliphatic rings. The van der Waals surface area contributed by atoms with Crippen LogP contribution in [-0.2, 0) is 24.0 Å². The number of alkyl halides is 3. The van der Waals surface area contributed by atoms with Crippen molar-refractivity contribution in [2.24, 2.45) is 5.92 Å². The maximum absolute atomic E-state index is 13.8. The highest BCUT2D eigenvalue weighted by Crippen LogP contribution is 2.37. The lowest BCUT2D eigenvalue weighted by Gasteiger charge is -2.33. The zero-order valence-electron chi connectivity index (χ0n) is 24.0. The smallest absolute Gasteiger partial charge is 0.434 e. The molecule has 1 saturated carbocycles. The molecule has 1 aliphatic carbocycles. The normalized spacial score (nSPS) is 15.9. The molecular formula is C32H31F3N4O4S. The van der Waals surface area contributed by atoms with E-state index in [1.807, 2.05) is 22.4 Å². The van der Waals surface area contributed by atoms with Crippen molar-refractivity contribution in [1.29, 1.82) is 0 Å². The molecule has 1 aromatic carbocycles. The van der Waals surface area contributed by atoms with Gasteiger partial charge in [0.15, 0.2) is 11.5 Å². The maximum Gasteiger partial charge on any atom is 0.434 e. The van der Waals surface area contributed by atoms with Crippen LogP contribution in [0.2, 0.25) is 0 Å². The van der Waals surface area contributed by atoms with Crippen LogP contribution in [0.4, 0.5) is 13.2 Å². The van der Waals surface area contributed by atoms with Gasteiger partial charge in [0, 0.05) is 24.6 Å². The van der Waals surface area contributed by atoms with Crippen molar-refractivity contribution in [2.45, 2.75) is 57.7 Å². The van der Waals surface area contributed by atoms with E-state index in [1.165, 1.54) is 28.5 Å². The van der Waals surface area contributed by atoms with E-state index in [0.717, 1.165) is 61.4 Å². The van der Waals surface area contributed by atoms with Crippen LogP contribution in [0.1, 0.15) is 71.3 Å². The maximum atomic E-state index is 13.8. The monoisotopic (exact) mass is 624 g/mol. The number of ether oxygens (including phenoxy) is 1. The molecule has 0 radical (unpaired) electrons. The van der Waals surface area contributed by atoms with Crippen LogP contribution < -0.4 is 4.74 Å². The van der Waals surface area contributed by atoms with Crippen LogP contribution >= 0.6 is 11.3 Å². The second-order valence-electron chi connectivity index (χ2n) is 11.2. The van der Waals surface area contributed by atoms with Crippen LogP contribution in [0.25, 0.3) is 16.4 Å². The average molecular weight is 625 g/mol. The number of amides is 1. The first kappa shape index (κ1) is 29.9. The lowest BCUT2D eigenvalue weighted by molar-refractivity contribution is -0.143. The summed E-state index contributed by atoms with van der Waals surface area (Å²) in [5.74, 6) is -0.168. The summed E-state index contributed by atoms with van der Waals surface area (Å²) in [5, 5.41) is 14.8. The van der Waals surface area contributed by atoms with Crippen molar-refractivity contribution in [1.82, 2.24) is 19.7 Å². The third-order valence-electron chi connectivity index (χ3n) is 8.26. The van der Waals surface area contributed by atoms with E-state index in [4.69, 9.17) is 4.74 Å². The van der Waals surface area contributed by atoms with Crippen LogP contribution in [0, 0.1) is 5.92 Å². The SMILES string of the molecule is CCc1cc(OCc2ccsc2-c2cccc(-n3ncc(C(=O)O)c3C(F)(F)F)n2)ccc1C1CCN(C(=O)C2CC2)CC1. The van der Waals surface area contributed by atoms with Crippen LogP contribution in [0.15, 0.2) is 54.0 Å². The molecule has 1 amide bonds. The standard InChI is InChI=1S/C32H31F3N4O4S/c1-2-19-16-23(8-9-24(19)20-10-13-38(14-11-20)30(40)21-6-7-21)43-18-22-12-15-44-28(22)26-4-3-5-27(37-26)39-29(32(33,34)35)25(17-36-39)31(41)42/h3-5,8-9,12,15-17,20-21H,2,6-7,10-11,13-14,18H2,1H3,(H,41,42). The number of carboxylic acid groups (broad SMARTS) is 1. The molecule has 6 rings (SSSR count). The Hall–Kier alpha value is -4.19. The summed E-state index contributed by atoms with van der Waals surface area (Å²) in [6, 6.07) is 12.6. The number of rotatable bonds is 9. The molecule has 1 N–H and O–H groups in total. The number of likely N-dealkylation sites (tertiary alicyclic amines) is 1. The molecule has 0 unspecified atom stereocenters. The van der Waals surface area contributed by atoms with E-state index in [0.29, 0.717) is 28.4 Å².